The lowest BCUT2D eigenvalue weighted by atomic mass is 10.1. The second-order valence-electron chi connectivity index (χ2n) is 4.35. The van der Waals surface area contributed by atoms with Crippen molar-refractivity contribution < 1.29 is 28.2 Å². The van der Waals surface area contributed by atoms with Crippen molar-refractivity contribution in [3.8, 4) is 11.5 Å². The molecule has 0 saturated heterocycles. The lowest BCUT2D eigenvalue weighted by Crippen LogP contribution is -2.43. The van der Waals surface area contributed by atoms with Crippen LogP contribution >= 0.6 is 0 Å². The number of carbonyl (C=O) groups is 1. The summed E-state index contributed by atoms with van der Waals surface area (Å²) in [5, 5.41) is 18.4. The maximum absolute atomic E-state index is 12.4. The van der Waals surface area contributed by atoms with E-state index in [2.05, 4.69) is 0 Å². The van der Waals surface area contributed by atoms with Gasteiger partial charge in [-0.15, -0.1) is 0 Å². The number of hydrogen-bond acceptors (Lipinski definition) is 3. The number of carbonyl (C=O) groups excluding carboxylic acids is 1. The van der Waals surface area contributed by atoms with E-state index in [1.54, 1.807) is 0 Å². The molecular weight excluding hydrogens is 263 g/mol. The SMILES string of the molecule is CC(C)N(CC(F)(F)F)C(=O)c1ccc(O)c(O)c1. The summed E-state index contributed by atoms with van der Waals surface area (Å²) in [4.78, 5) is 12.6. The summed E-state index contributed by atoms with van der Waals surface area (Å²) < 4.78 is 37.2. The van der Waals surface area contributed by atoms with Gasteiger partial charge in [-0.05, 0) is 32.0 Å². The number of aromatic hydroxyl groups is 2. The number of alkyl halides is 3. The Balaban J connectivity index is 3.02. The molecule has 0 bridgehead atoms. The molecule has 0 heterocycles. The molecule has 0 radical (unpaired) electrons. The predicted molar refractivity (Wildman–Crippen MR) is 62.0 cm³/mol. The van der Waals surface area contributed by atoms with E-state index in [9.17, 15) is 23.1 Å². The first-order valence-electron chi connectivity index (χ1n) is 5.51. The third-order valence-corrected chi connectivity index (χ3v) is 2.46. The average molecular weight is 277 g/mol. The van der Waals surface area contributed by atoms with Crippen molar-refractivity contribution in [2.24, 2.45) is 0 Å². The summed E-state index contributed by atoms with van der Waals surface area (Å²) in [7, 11) is 0. The van der Waals surface area contributed by atoms with Crippen LogP contribution in [0.25, 0.3) is 0 Å². The third-order valence-electron chi connectivity index (χ3n) is 2.46. The van der Waals surface area contributed by atoms with Crippen LogP contribution in [-0.4, -0.2) is 39.8 Å². The Labute approximate surface area is 108 Å². The van der Waals surface area contributed by atoms with Crippen LogP contribution in [0.5, 0.6) is 11.5 Å². The summed E-state index contributed by atoms with van der Waals surface area (Å²) >= 11 is 0. The fourth-order valence-corrected chi connectivity index (χ4v) is 1.50. The molecule has 0 aliphatic carbocycles. The van der Waals surface area contributed by atoms with Gasteiger partial charge in [0, 0.05) is 11.6 Å². The fraction of sp³-hybridized carbons (Fsp3) is 0.417. The van der Waals surface area contributed by atoms with Gasteiger partial charge < -0.3 is 15.1 Å². The van der Waals surface area contributed by atoms with Gasteiger partial charge in [-0.1, -0.05) is 0 Å². The molecule has 0 unspecified atom stereocenters. The van der Waals surface area contributed by atoms with Gasteiger partial charge >= 0.3 is 6.18 Å². The zero-order chi connectivity index (χ0) is 14.8. The number of hydrogen-bond donors (Lipinski definition) is 2. The standard InChI is InChI=1S/C12H14F3NO3/c1-7(2)16(6-12(13,14)15)11(19)8-3-4-9(17)10(18)5-8/h3-5,7,17-18H,6H2,1-2H3. The number of amides is 1. The summed E-state index contributed by atoms with van der Waals surface area (Å²) in [6.07, 6.45) is -4.50. The molecule has 0 fully saturated rings. The fourth-order valence-electron chi connectivity index (χ4n) is 1.50. The number of phenols is 2. The molecule has 0 saturated carbocycles. The van der Waals surface area contributed by atoms with E-state index in [-0.39, 0.29) is 5.56 Å². The number of halogens is 3. The van der Waals surface area contributed by atoms with E-state index < -0.39 is 36.2 Å². The minimum absolute atomic E-state index is 0.117. The van der Waals surface area contributed by atoms with Crippen molar-refractivity contribution >= 4 is 5.91 Å². The van der Waals surface area contributed by atoms with Crippen LogP contribution in [0, 0.1) is 0 Å². The highest BCUT2D eigenvalue weighted by molar-refractivity contribution is 5.95. The molecule has 0 atom stereocenters. The van der Waals surface area contributed by atoms with Crippen molar-refractivity contribution in [1.29, 1.82) is 0 Å². The van der Waals surface area contributed by atoms with Gasteiger partial charge in [0.2, 0.25) is 0 Å². The van der Waals surface area contributed by atoms with Gasteiger partial charge in [-0.3, -0.25) is 4.79 Å². The first-order valence-corrected chi connectivity index (χ1v) is 5.51. The van der Waals surface area contributed by atoms with Crippen LogP contribution in [0.2, 0.25) is 0 Å². The van der Waals surface area contributed by atoms with Gasteiger partial charge in [0.05, 0.1) is 0 Å². The number of phenolic OH excluding ortho intramolecular Hbond substituents is 2. The van der Waals surface area contributed by atoms with Crippen LogP contribution in [0.15, 0.2) is 18.2 Å². The second-order valence-corrected chi connectivity index (χ2v) is 4.35. The lowest BCUT2D eigenvalue weighted by Gasteiger charge is -2.27. The van der Waals surface area contributed by atoms with Crippen LogP contribution in [-0.2, 0) is 0 Å². The molecule has 1 rings (SSSR count). The van der Waals surface area contributed by atoms with Gasteiger partial charge in [0.25, 0.3) is 5.91 Å². The second kappa shape index (κ2) is 5.38. The number of nitrogens with zero attached hydrogens (tertiary/aromatic N) is 1. The highest BCUT2D eigenvalue weighted by Crippen LogP contribution is 2.26. The van der Waals surface area contributed by atoms with Crippen LogP contribution in [0.1, 0.15) is 24.2 Å². The summed E-state index contributed by atoms with van der Waals surface area (Å²) in [5.41, 5.74) is -0.117. The molecular formula is C12H14F3NO3. The van der Waals surface area contributed by atoms with E-state index in [0.717, 1.165) is 18.2 Å². The largest absolute Gasteiger partial charge is 0.504 e. The quantitative estimate of drug-likeness (QED) is 0.834. The average Bonchev–Trinajstić information content (AvgIpc) is 2.27. The normalized spacial score (nSPS) is 11.7. The van der Waals surface area contributed by atoms with Gasteiger partial charge in [0.1, 0.15) is 6.54 Å². The zero-order valence-electron chi connectivity index (χ0n) is 10.4. The molecule has 106 valence electrons. The monoisotopic (exact) mass is 277 g/mol. The minimum Gasteiger partial charge on any atom is -0.504 e. The van der Waals surface area contributed by atoms with Crippen LogP contribution in [0.4, 0.5) is 13.2 Å². The molecule has 1 aromatic rings. The van der Waals surface area contributed by atoms with Gasteiger partial charge in [-0.25, -0.2) is 0 Å². The molecule has 0 aromatic heterocycles. The number of rotatable bonds is 3. The molecule has 2 N–H and O–H groups in total. The van der Waals surface area contributed by atoms with E-state index in [4.69, 9.17) is 5.11 Å². The minimum atomic E-state index is -4.50. The Morgan fingerprint density at radius 2 is 1.84 bits per heavy atom. The molecule has 1 aromatic carbocycles. The first-order chi connectivity index (χ1) is 8.61. The lowest BCUT2D eigenvalue weighted by molar-refractivity contribution is -0.143. The van der Waals surface area contributed by atoms with E-state index in [1.165, 1.54) is 13.8 Å². The van der Waals surface area contributed by atoms with Gasteiger partial charge in [-0.2, -0.15) is 13.2 Å². The highest BCUT2D eigenvalue weighted by Gasteiger charge is 2.34. The van der Waals surface area contributed by atoms with Gasteiger partial charge in [0.15, 0.2) is 11.5 Å². The maximum Gasteiger partial charge on any atom is 0.406 e. The smallest absolute Gasteiger partial charge is 0.406 e. The van der Waals surface area contributed by atoms with Crippen molar-refractivity contribution in [3.63, 3.8) is 0 Å². The van der Waals surface area contributed by atoms with E-state index >= 15 is 0 Å². The first kappa shape index (κ1) is 15.1. The molecule has 1 amide bonds. The summed E-state index contributed by atoms with van der Waals surface area (Å²) in [6.45, 7) is 1.55. The highest BCUT2D eigenvalue weighted by atomic mass is 19.4. The summed E-state index contributed by atoms with van der Waals surface area (Å²) in [6, 6.07) is 2.49. The molecule has 0 spiro atoms. The Morgan fingerprint density at radius 1 is 1.26 bits per heavy atom. The Kier molecular flexibility index (Phi) is 4.28. The number of benzene rings is 1. The summed E-state index contributed by atoms with van der Waals surface area (Å²) in [5.74, 6) is -1.85. The topological polar surface area (TPSA) is 60.8 Å². The zero-order valence-corrected chi connectivity index (χ0v) is 10.4. The van der Waals surface area contributed by atoms with Crippen LogP contribution < -0.4 is 0 Å². The molecule has 4 nitrogen and oxygen atoms in total. The molecule has 0 aliphatic rings. The Hall–Kier alpha value is -1.92. The third kappa shape index (κ3) is 4.04. The predicted octanol–water partition coefficient (Wildman–Crippen LogP) is 2.51. The molecule has 7 heteroatoms. The van der Waals surface area contributed by atoms with Crippen molar-refractivity contribution in [3.05, 3.63) is 23.8 Å². The maximum atomic E-state index is 12.4. The van der Waals surface area contributed by atoms with Crippen molar-refractivity contribution in [1.82, 2.24) is 4.90 Å². The Morgan fingerprint density at radius 3 is 2.26 bits per heavy atom. The van der Waals surface area contributed by atoms with Crippen molar-refractivity contribution in [2.45, 2.75) is 26.1 Å². The Bertz CT molecular complexity index is 472. The molecule has 0 aliphatic heterocycles. The van der Waals surface area contributed by atoms with E-state index in [0.29, 0.717) is 4.90 Å². The van der Waals surface area contributed by atoms with Crippen molar-refractivity contribution in [2.75, 3.05) is 6.54 Å². The van der Waals surface area contributed by atoms with Crippen LogP contribution in [0.3, 0.4) is 0 Å². The van der Waals surface area contributed by atoms with E-state index in [1.807, 2.05) is 0 Å². The molecule has 19 heavy (non-hydrogen) atoms.